The second-order valence-corrected chi connectivity index (χ2v) is 5.26. The van der Waals surface area contributed by atoms with Crippen molar-refractivity contribution in [2.24, 2.45) is 7.05 Å². The highest BCUT2D eigenvalue weighted by Gasteiger charge is 2.31. The molecule has 0 aliphatic rings. The Bertz CT molecular complexity index is 593. The number of nitrogens with zero attached hydrogens (tertiary/aromatic N) is 2. The van der Waals surface area contributed by atoms with E-state index < -0.39 is 11.7 Å². The van der Waals surface area contributed by atoms with Gasteiger partial charge in [-0.3, -0.25) is 4.68 Å². The number of nitrogens with one attached hydrogen (secondary N) is 1. The number of aromatic nitrogens is 2. The highest BCUT2D eigenvalue weighted by molar-refractivity contribution is 9.10. The Labute approximate surface area is 122 Å². The lowest BCUT2D eigenvalue weighted by atomic mass is 10.2. The summed E-state index contributed by atoms with van der Waals surface area (Å²) in [6.07, 6.45) is -1.97. The Morgan fingerprint density at radius 2 is 2.05 bits per heavy atom. The minimum absolute atomic E-state index is 0.398. The number of benzene rings is 1. The van der Waals surface area contributed by atoms with Gasteiger partial charge in [0.05, 0.1) is 5.56 Å². The van der Waals surface area contributed by atoms with E-state index in [2.05, 4.69) is 26.3 Å². The molecule has 0 fully saturated rings. The van der Waals surface area contributed by atoms with Gasteiger partial charge in [0.25, 0.3) is 0 Å². The van der Waals surface area contributed by atoms with Crippen LogP contribution in [0.2, 0.25) is 0 Å². The maximum Gasteiger partial charge on any atom is 0.416 e. The number of halogens is 4. The number of aryl methyl sites for hydroxylation is 1. The number of anilines is 1. The third kappa shape index (κ3) is 3.75. The van der Waals surface area contributed by atoms with Crippen molar-refractivity contribution >= 4 is 21.6 Å². The van der Waals surface area contributed by atoms with E-state index in [9.17, 15) is 13.2 Å². The fraction of sp³-hybridized carbons (Fsp3) is 0.308. The van der Waals surface area contributed by atoms with Crippen LogP contribution in [0.5, 0.6) is 0 Å². The smallest absolute Gasteiger partial charge is 0.385 e. The second-order valence-electron chi connectivity index (χ2n) is 4.35. The normalized spacial score (nSPS) is 11.7. The number of hydrogen-bond acceptors (Lipinski definition) is 2. The number of alkyl halides is 3. The molecule has 0 aliphatic heterocycles. The molecule has 0 spiro atoms. The van der Waals surface area contributed by atoms with Gasteiger partial charge in [0.15, 0.2) is 0 Å². The van der Waals surface area contributed by atoms with Crippen molar-refractivity contribution in [1.82, 2.24) is 9.78 Å². The summed E-state index contributed by atoms with van der Waals surface area (Å²) in [7, 11) is 1.83. The highest BCUT2D eigenvalue weighted by Crippen LogP contribution is 2.33. The van der Waals surface area contributed by atoms with Gasteiger partial charge in [0.1, 0.15) is 0 Å². The monoisotopic (exact) mass is 347 g/mol. The highest BCUT2D eigenvalue weighted by atomic mass is 79.9. The van der Waals surface area contributed by atoms with Crippen LogP contribution in [0.4, 0.5) is 18.9 Å². The molecule has 1 aromatic heterocycles. The standard InChI is InChI=1S/C13H13BrF3N3/c1-20-12(3-5-19-20)2-4-18-11-7-9(13(15,16)17)6-10(14)8-11/h3,5-8,18H,2,4H2,1H3. The van der Waals surface area contributed by atoms with Gasteiger partial charge in [-0.15, -0.1) is 0 Å². The summed E-state index contributed by atoms with van der Waals surface area (Å²) in [4.78, 5) is 0. The van der Waals surface area contributed by atoms with Crippen molar-refractivity contribution in [2.45, 2.75) is 12.6 Å². The number of rotatable bonds is 4. The van der Waals surface area contributed by atoms with Gasteiger partial charge in [0.2, 0.25) is 0 Å². The van der Waals surface area contributed by atoms with Gasteiger partial charge < -0.3 is 5.32 Å². The van der Waals surface area contributed by atoms with E-state index in [4.69, 9.17) is 0 Å². The molecule has 0 unspecified atom stereocenters. The first-order chi connectivity index (χ1) is 9.36. The first kappa shape index (κ1) is 14.9. The minimum atomic E-state index is -4.34. The third-order valence-electron chi connectivity index (χ3n) is 2.86. The zero-order valence-electron chi connectivity index (χ0n) is 10.7. The van der Waals surface area contributed by atoms with Gasteiger partial charge in [-0.2, -0.15) is 18.3 Å². The van der Waals surface area contributed by atoms with Gasteiger partial charge in [-0.05, 0) is 24.3 Å². The fourth-order valence-corrected chi connectivity index (χ4v) is 2.33. The molecule has 0 saturated carbocycles. The van der Waals surface area contributed by atoms with Crippen molar-refractivity contribution in [3.05, 3.63) is 46.2 Å². The molecule has 1 heterocycles. The summed E-state index contributed by atoms with van der Waals surface area (Å²) in [5.41, 5.74) is 0.785. The molecule has 0 saturated heterocycles. The van der Waals surface area contributed by atoms with E-state index in [0.717, 1.165) is 17.8 Å². The lowest BCUT2D eigenvalue weighted by Gasteiger charge is -2.12. The lowest BCUT2D eigenvalue weighted by Crippen LogP contribution is -2.10. The molecule has 0 atom stereocenters. The summed E-state index contributed by atoms with van der Waals surface area (Å²) in [6, 6.07) is 5.67. The Morgan fingerprint density at radius 3 is 2.65 bits per heavy atom. The van der Waals surface area contributed by atoms with E-state index in [1.165, 1.54) is 0 Å². The van der Waals surface area contributed by atoms with Crippen molar-refractivity contribution in [2.75, 3.05) is 11.9 Å². The Hall–Kier alpha value is -1.50. The predicted octanol–water partition coefficient (Wildman–Crippen LogP) is 3.86. The van der Waals surface area contributed by atoms with Crippen LogP contribution in [0.1, 0.15) is 11.3 Å². The molecule has 0 amide bonds. The zero-order chi connectivity index (χ0) is 14.8. The summed E-state index contributed by atoms with van der Waals surface area (Å²) >= 11 is 3.09. The van der Waals surface area contributed by atoms with Crippen molar-refractivity contribution in [3.63, 3.8) is 0 Å². The van der Waals surface area contributed by atoms with E-state index in [0.29, 0.717) is 23.1 Å². The molecular formula is C13H13BrF3N3. The molecule has 108 valence electrons. The molecular weight excluding hydrogens is 335 g/mol. The van der Waals surface area contributed by atoms with Crippen LogP contribution in [-0.2, 0) is 19.6 Å². The van der Waals surface area contributed by atoms with Crippen LogP contribution in [0, 0.1) is 0 Å². The van der Waals surface area contributed by atoms with Gasteiger partial charge in [0, 0.05) is 42.1 Å². The van der Waals surface area contributed by atoms with Crippen molar-refractivity contribution in [1.29, 1.82) is 0 Å². The van der Waals surface area contributed by atoms with Crippen LogP contribution in [-0.4, -0.2) is 16.3 Å². The van der Waals surface area contributed by atoms with Crippen LogP contribution >= 0.6 is 15.9 Å². The van der Waals surface area contributed by atoms with Gasteiger partial charge in [-0.1, -0.05) is 15.9 Å². The largest absolute Gasteiger partial charge is 0.416 e. The molecule has 2 aromatic rings. The summed E-state index contributed by atoms with van der Waals surface area (Å²) < 4.78 is 40.2. The molecule has 1 aromatic carbocycles. The molecule has 3 nitrogen and oxygen atoms in total. The maximum atomic E-state index is 12.7. The topological polar surface area (TPSA) is 29.9 Å². The molecule has 2 rings (SSSR count). The molecule has 20 heavy (non-hydrogen) atoms. The summed E-state index contributed by atoms with van der Waals surface area (Å²) in [6.45, 7) is 0.535. The molecule has 0 aliphatic carbocycles. The maximum absolute atomic E-state index is 12.7. The first-order valence-electron chi connectivity index (χ1n) is 5.95. The second kappa shape index (κ2) is 5.87. The Balaban J connectivity index is 2.03. The molecule has 1 N–H and O–H groups in total. The third-order valence-corrected chi connectivity index (χ3v) is 3.32. The Kier molecular flexibility index (Phi) is 4.37. The molecule has 0 radical (unpaired) electrons. The summed E-state index contributed by atoms with van der Waals surface area (Å²) in [5, 5.41) is 7.03. The van der Waals surface area contributed by atoms with E-state index >= 15 is 0 Å². The zero-order valence-corrected chi connectivity index (χ0v) is 12.3. The lowest BCUT2D eigenvalue weighted by molar-refractivity contribution is -0.137. The Morgan fingerprint density at radius 1 is 1.30 bits per heavy atom. The number of hydrogen-bond donors (Lipinski definition) is 1. The predicted molar refractivity (Wildman–Crippen MR) is 74.5 cm³/mol. The van der Waals surface area contributed by atoms with Crippen LogP contribution in [0.3, 0.4) is 0 Å². The quantitative estimate of drug-likeness (QED) is 0.910. The SMILES string of the molecule is Cn1nccc1CCNc1cc(Br)cc(C(F)(F)F)c1. The average molecular weight is 348 g/mol. The van der Waals surface area contributed by atoms with Crippen LogP contribution < -0.4 is 5.32 Å². The molecule has 0 bridgehead atoms. The van der Waals surface area contributed by atoms with E-state index in [1.807, 2.05) is 13.1 Å². The van der Waals surface area contributed by atoms with E-state index in [-0.39, 0.29) is 0 Å². The van der Waals surface area contributed by atoms with Crippen LogP contribution in [0.15, 0.2) is 34.9 Å². The first-order valence-corrected chi connectivity index (χ1v) is 6.74. The average Bonchev–Trinajstić information content (AvgIpc) is 2.73. The van der Waals surface area contributed by atoms with Gasteiger partial charge >= 0.3 is 6.18 Å². The van der Waals surface area contributed by atoms with Gasteiger partial charge in [-0.25, -0.2) is 0 Å². The summed E-state index contributed by atoms with van der Waals surface area (Å²) in [5.74, 6) is 0. The van der Waals surface area contributed by atoms with E-state index in [1.54, 1.807) is 16.9 Å². The molecule has 7 heteroatoms. The van der Waals surface area contributed by atoms with Crippen LogP contribution in [0.25, 0.3) is 0 Å². The van der Waals surface area contributed by atoms with Crippen molar-refractivity contribution in [3.8, 4) is 0 Å². The minimum Gasteiger partial charge on any atom is -0.385 e. The van der Waals surface area contributed by atoms with Crippen molar-refractivity contribution < 1.29 is 13.2 Å². The fourth-order valence-electron chi connectivity index (χ4n) is 1.84.